The van der Waals surface area contributed by atoms with Crippen LogP contribution in [0.2, 0.25) is 0 Å². The average Bonchev–Trinajstić information content (AvgIpc) is 2.87. The third kappa shape index (κ3) is 5.09. The number of ether oxygens (including phenoxy) is 1. The molecule has 0 bridgehead atoms. The van der Waals surface area contributed by atoms with Gasteiger partial charge in [-0.05, 0) is 68.3 Å². The van der Waals surface area contributed by atoms with E-state index in [1.54, 1.807) is 29.0 Å². The van der Waals surface area contributed by atoms with Crippen LogP contribution in [0.15, 0.2) is 47.5 Å². The van der Waals surface area contributed by atoms with E-state index in [1.807, 2.05) is 0 Å². The minimum atomic E-state index is -4.49. The number of fused-ring (bicyclic) bond motifs is 2. The Bertz CT molecular complexity index is 1280. The molecule has 1 aliphatic carbocycles. The van der Waals surface area contributed by atoms with E-state index in [-0.39, 0.29) is 11.7 Å². The van der Waals surface area contributed by atoms with Gasteiger partial charge in [0.1, 0.15) is 5.69 Å². The van der Waals surface area contributed by atoms with Crippen LogP contribution in [-0.4, -0.2) is 21.1 Å². The molecule has 36 heavy (non-hydrogen) atoms. The maximum atomic E-state index is 12.8. The number of aromatic nitrogens is 3. The molecule has 2 aliphatic rings. The van der Waals surface area contributed by atoms with Crippen molar-refractivity contribution in [1.82, 2.24) is 14.5 Å². The number of nitrogens with zero attached hydrogens (tertiary/aromatic N) is 3. The number of anilines is 2. The monoisotopic (exact) mass is 499 g/mol. The molecule has 190 valence electrons. The second-order valence-corrected chi connectivity index (χ2v) is 9.47. The molecular weight excluding hydrogens is 471 g/mol. The summed E-state index contributed by atoms with van der Waals surface area (Å²) in [6.45, 7) is 0.732. The van der Waals surface area contributed by atoms with Crippen LogP contribution in [0.25, 0.3) is 11.1 Å². The van der Waals surface area contributed by atoms with E-state index in [0.29, 0.717) is 40.0 Å². The van der Waals surface area contributed by atoms with Gasteiger partial charge >= 0.3 is 11.9 Å². The Morgan fingerprint density at radius 2 is 1.83 bits per heavy atom. The van der Waals surface area contributed by atoms with Gasteiger partial charge in [0.05, 0.1) is 11.9 Å². The Morgan fingerprint density at radius 3 is 2.53 bits per heavy atom. The fraction of sp³-hybridized carbons (Fsp3) is 0.423. The van der Waals surface area contributed by atoms with Crippen LogP contribution in [0, 0.1) is 5.92 Å². The summed E-state index contributed by atoms with van der Waals surface area (Å²) in [5.74, 6) is 2.02. The van der Waals surface area contributed by atoms with Gasteiger partial charge in [-0.1, -0.05) is 25.0 Å². The molecule has 3 heterocycles. The van der Waals surface area contributed by atoms with Crippen molar-refractivity contribution in [3.63, 3.8) is 0 Å². The molecule has 0 radical (unpaired) electrons. The number of nitrogens with two attached hydrogens (primary N) is 1. The van der Waals surface area contributed by atoms with Crippen molar-refractivity contribution in [2.75, 3.05) is 11.9 Å². The van der Waals surface area contributed by atoms with E-state index < -0.39 is 11.9 Å². The van der Waals surface area contributed by atoms with E-state index in [9.17, 15) is 18.0 Å². The predicted octanol–water partition coefficient (Wildman–Crippen LogP) is 6.03. The van der Waals surface area contributed by atoms with Crippen molar-refractivity contribution in [2.45, 2.75) is 57.2 Å². The molecule has 10 heteroatoms. The molecule has 1 saturated carbocycles. The van der Waals surface area contributed by atoms with Crippen molar-refractivity contribution in [1.29, 1.82) is 0 Å². The highest BCUT2D eigenvalue weighted by molar-refractivity contribution is 5.78. The van der Waals surface area contributed by atoms with Gasteiger partial charge in [-0.3, -0.25) is 9.55 Å². The first-order valence-corrected chi connectivity index (χ1v) is 12.3. The Morgan fingerprint density at radius 1 is 1.06 bits per heavy atom. The normalized spacial score (nSPS) is 19.1. The van der Waals surface area contributed by atoms with Crippen LogP contribution >= 0.6 is 0 Å². The predicted molar refractivity (Wildman–Crippen MR) is 130 cm³/mol. The summed E-state index contributed by atoms with van der Waals surface area (Å²) in [4.78, 5) is 20.6. The number of pyridine rings is 1. The van der Waals surface area contributed by atoms with Crippen molar-refractivity contribution >= 4 is 11.5 Å². The van der Waals surface area contributed by atoms with Gasteiger partial charge in [-0.15, -0.1) is 0 Å². The highest BCUT2D eigenvalue weighted by Gasteiger charge is 2.32. The molecule has 0 saturated heterocycles. The number of halogens is 3. The minimum absolute atomic E-state index is 0.0978. The van der Waals surface area contributed by atoms with Crippen molar-refractivity contribution in [3.05, 3.63) is 58.9 Å². The Balaban J connectivity index is 1.30. The third-order valence-electron chi connectivity index (χ3n) is 7.03. The zero-order chi connectivity index (χ0) is 25.3. The number of rotatable bonds is 6. The minimum Gasteiger partial charge on any atom is -0.450 e. The van der Waals surface area contributed by atoms with Gasteiger partial charge in [0.2, 0.25) is 0 Å². The largest absolute Gasteiger partial charge is 0.450 e. The van der Waals surface area contributed by atoms with Crippen molar-refractivity contribution in [2.24, 2.45) is 11.7 Å². The first kappa shape index (κ1) is 24.3. The van der Waals surface area contributed by atoms with Crippen molar-refractivity contribution in [3.8, 4) is 22.6 Å². The molecule has 0 atom stereocenters. The summed E-state index contributed by atoms with van der Waals surface area (Å²) >= 11 is 0. The van der Waals surface area contributed by atoms with Crippen LogP contribution in [0.4, 0.5) is 24.7 Å². The third-order valence-corrected chi connectivity index (χ3v) is 7.03. The van der Waals surface area contributed by atoms with Crippen molar-refractivity contribution < 1.29 is 17.9 Å². The summed E-state index contributed by atoms with van der Waals surface area (Å²) < 4.78 is 46.2. The number of nitrogens with one attached hydrogen (secondary N) is 1. The maximum absolute atomic E-state index is 12.8. The molecule has 7 nitrogen and oxygen atoms in total. The molecule has 5 rings (SSSR count). The Hall–Kier alpha value is -3.40. The molecule has 3 aromatic rings. The van der Waals surface area contributed by atoms with Crippen LogP contribution in [0.3, 0.4) is 0 Å². The lowest BCUT2D eigenvalue weighted by Gasteiger charge is -2.30. The fourth-order valence-electron chi connectivity index (χ4n) is 5.04. The molecule has 1 fully saturated rings. The number of benzene rings is 1. The van der Waals surface area contributed by atoms with Gasteiger partial charge < -0.3 is 15.8 Å². The highest BCUT2D eigenvalue weighted by Crippen LogP contribution is 2.43. The smallest absolute Gasteiger partial charge is 0.433 e. The van der Waals surface area contributed by atoms with Gasteiger partial charge in [-0.2, -0.15) is 18.2 Å². The molecule has 0 spiro atoms. The Labute approximate surface area is 206 Å². The second-order valence-electron chi connectivity index (χ2n) is 9.47. The molecule has 2 aromatic heterocycles. The number of unbranched alkanes of at least 4 members (excludes halogenated alkanes) is 1. The van der Waals surface area contributed by atoms with Crippen LogP contribution in [-0.2, 0) is 6.18 Å². The standard InChI is InChI=1S/C26H28F3N5O2/c27-26(28,29)23-11-7-18(14-31-23)17-6-10-21-20(13-17)32-24-22(36-21)15-34(25(35)33-24)19-8-4-16(5-9-19)3-1-2-12-30/h6-7,10-11,13-16,19H,1-5,8-9,12,30H2,(H,32,33,35). The van der Waals surface area contributed by atoms with E-state index >= 15 is 0 Å². The van der Waals surface area contributed by atoms with Gasteiger partial charge in [0.25, 0.3) is 0 Å². The van der Waals surface area contributed by atoms with Gasteiger partial charge in [0.15, 0.2) is 17.3 Å². The first-order chi connectivity index (χ1) is 17.3. The summed E-state index contributed by atoms with van der Waals surface area (Å²) in [5.41, 5.74) is 6.08. The van der Waals surface area contributed by atoms with E-state index in [1.165, 1.54) is 18.7 Å². The zero-order valence-electron chi connectivity index (χ0n) is 19.7. The van der Waals surface area contributed by atoms with Gasteiger partial charge in [0, 0.05) is 17.8 Å². The molecular formula is C26H28F3N5O2. The molecule has 0 amide bonds. The summed E-state index contributed by atoms with van der Waals surface area (Å²) in [6, 6.07) is 7.65. The lowest BCUT2D eigenvalue weighted by molar-refractivity contribution is -0.141. The summed E-state index contributed by atoms with van der Waals surface area (Å²) in [6.07, 6.45) is 5.87. The van der Waals surface area contributed by atoms with Crippen LogP contribution in [0.5, 0.6) is 11.5 Å². The second kappa shape index (κ2) is 9.93. The molecule has 1 aliphatic heterocycles. The molecule has 1 aromatic carbocycles. The van der Waals surface area contributed by atoms with Crippen LogP contribution in [0.1, 0.15) is 56.7 Å². The lowest BCUT2D eigenvalue weighted by atomic mass is 9.83. The fourth-order valence-corrected chi connectivity index (χ4v) is 5.04. The highest BCUT2D eigenvalue weighted by atomic mass is 19.4. The number of hydrogen-bond acceptors (Lipinski definition) is 6. The van der Waals surface area contributed by atoms with E-state index in [4.69, 9.17) is 10.5 Å². The average molecular weight is 500 g/mol. The lowest BCUT2D eigenvalue weighted by Crippen LogP contribution is -2.30. The zero-order valence-corrected chi connectivity index (χ0v) is 19.7. The SMILES string of the molecule is NCCCCC1CCC(n2cc3c(nc2=O)Nc2cc(-c4ccc(C(F)(F)F)nc4)ccc2O3)CC1. The molecule has 0 unspecified atom stereocenters. The van der Waals surface area contributed by atoms with Crippen LogP contribution < -0.4 is 21.5 Å². The van der Waals surface area contributed by atoms with Gasteiger partial charge in [-0.25, -0.2) is 4.79 Å². The Kier molecular flexibility index (Phi) is 6.70. The number of alkyl halides is 3. The van der Waals surface area contributed by atoms with E-state index in [0.717, 1.165) is 51.1 Å². The topological polar surface area (TPSA) is 95.1 Å². The summed E-state index contributed by atoms with van der Waals surface area (Å²) in [5, 5.41) is 3.13. The summed E-state index contributed by atoms with van der Waals surface area (Å²) in [7, 11) is 0. The maximum Gasteiger partial charge on any atom is 0.433 e. The number of hydrogen-bond donors (Lipinski definition) is 2. The quantitative estimate of drug-likeness (QED) is 0.315. The first-order valence-electron chi connectivity index (χ1n) is 12.3. The molecule has 3 N–H and O–H groups in total. The van der Waals surface area contributed by atoms with E-state index in [2.05, 4.69) is 15.3 Å².